The van der Waals surface area contributed by atoms with Crippen molar-refractivity contribution in [2.45, 2.75) is 31.3 Å². The van der Waals surface area contributed by atoms with Crippen molar-refractivity contribution in [1.82, 2.24) is 5.32 Å². The molecule has 0 radical (unpaired) electrons. The van der Waals surface area contributed by atoms with E-state index in [9.17, 15) is 18.8 Å². The number of halogens is 2. The van der Waals surface area contributed by atoms with Crippen LogP contribution in [0.2, 0.25) is 0 Å². The lowest BCUT2D eigenvalue weighted by molar-refractivity contribution is -0.122. The molecule has 266 valence electrons. The van der Waals surface area contributed by atoms with E-state index in [1.807, 2.05) is 48.5 Å². The normalized spacial score (nSPS) is 18.8. The molecule has 1 saturated heterocycles. The van der Waals surface area contributed by atoms with Gasteiger partial charge in [0.1, 0.15) is 18.0 Å². The number of amides is 4. The van der Waals surface area contributed by atoms with Gasteiger partial charge in [0.25, 0.3) is 11.8 Å². The highest BCUT2D eigenvalue weighted by Crippen LogP contribution is 2.50. The average molecular weight is 773 g/mol. The molecule has 0 bridgehead atoms. The molecule has 53 heavy (non-hydrogen) atoms. The Hall–Kier alpha value is -5.74. The van der Waals surface area contributed by atoms with Crippen LogP contribution in [0.25, 0.3) is 6.08 Å². The van der Waals surface area contributed by atoms with E-state index in [1.165, 1.54) is 36.4 Å². The zero-order chi connectivity index (χ0) is 36.6. The third-order valence-corrected chi connectivity index (χ3v) is 10.8. The first-order valence-electron chi connectivity index (χ1n) is 17.5. The number of barbiturate groups is 1. The van der Waals surface area contributed by atoms with Crippen molar-refractivity contribution in [1.29, 1.82) is 0 Å². The lowest BCUT2D eigenvalue weighted by Crippen LogP contribution is -2.54. The summed E-state index contributed by atoms with van der Waals surface area (Å²) < 4.78 is 25.5. The number of hydrogen-bond acceptors (Lipinski definition) is 6. The van der Waals surface area contributed by atoms with Gasteiger partial charge in [-0.3, -0.25) is 14.9 Å². The highest BCUT2D eigenvalue weighted by atomic mass is 79.9. The highest BCUT2D eigenvalue weighted by Gasteiger charge is 2.40. The fourth-order valence-electron chi connectivity index (χ4n) is 7.73. The van der Waals surface area contributed by atoms with Crippen LogP contribution >= 0.6 is 15.9 Å². The standard InChI is InChI=1S/C43H35BrFN3O5/c1-52-38-22-27(21-37(44)40(38)53-25-26-12-14-30(45)15-13-26)20-36-41(49)46-43(51)48(42(36)50)31-23-34-32(28-8-4-2-5-9-28)16-18-47-19-17-33(35(24-31)39(34)47)29-10-6-3-7-11-29/h2-15,20-24,32-33H,16-19,25H2,1H3,(H,46,49,51)/b36-20+/t32-,33-/m0/s1. The van der Waals surface area contributed by atoms with E-state index in [0.717, 1.165) is 53.2 Å². The third kappa shape index (κ3) is 6.59. The van der Waals surface area contributed by atoms with Crippen molar-refractivity contribution >= 4 is 51.2 Å². The molecule has 4 amide bonds. The molecule has 3 aliphatic heterocycles. The number of hydrogen-bond donors (Lipinski definition) is 1. The Morgan fingerprint density at radius 3 is 2.02 bits per heavy atom. The minimum Gasteiger partial charge on any atom is -0.493 e. The van der Waals surface area contributed by atoms with E-state index in [2.05, 4.69) is 50.4 Å². The second kappa shape index (κ2) is 14.4. The minimum atomic E-state index is -0.802. The van der Waals surface area contributed by atoms with Crippen LogP contribution in [-0.2, 0) is 16.2 Å². The van der Waals surface area contributed by atoms with E-state index < -0.39 is 17.8 Å². The van der Waals surface area contributed by atoms with E-state index >= 15 is 0 Å². The quantitative estimate of drug-likeness (QED) is 0.126. The molecular weight excluding hydrogens is 737 g/mol. The van der Waals surface area contributed by atoms with Crippen molar-refractivity contribution in [3.63, 3.8) is 0 Å². The summed E-state index contributed by atoms with van der Waals surface area (Å²) in [4.78, 5) is 44.8. The molecule has 5 aromatic rings. The van der Waals surface area contributed by atoms with Crippen LogP contribution < -0.4 is 24.6 Å². The monoisotopic (exact) mass is 771 g/mol. The molecule has 0 unspecified atom stereocenters. The van der Waals surface area contributed by atoms with Gasteiger partial charge in [-0.25, -0.2) is 14.1 Å². The maximum Gasteiger partial charge on any atom is 0.335 e. The number of nitrogens with zero attached hydrogens (tertiary/aromatic N) is 2. The molecule has 2 atom stereocenters. The minimum absolute atomic E-state index is 0.0591. The molecule has 10 heteroatoms. The zero-order valence-corrected chi connectivity index (χ0v) is 30.4. The molecule has 1 N–H and O–H groups in total. The van der Waals surface area contributed by atoms with Crippen molar-refractivity contribution in [3.05, 3.63) is 158 Å². The SMILES string of the molecule is COc1cc(/C=C2\C(=O)NC(=O)N(c3cc4c5c(c3)[C@H](c3ccccc3)CCN5CC[C@H]4c3ccccc3)C2=O)cc(Br)c1OCc1ccc(F)cc1. The third-order valence-electron chi connectivity index (χ3n) is 10.2. The van der Waals surface area contributed by atoms with Gasteiger partial charge in [0.05, 0.1) is 17.3 Å². The van der Waals surface area contributed by atoms with Crippen molar-refractivity contribution in [3.8, 4) is 11.5 Å². The van der Waals surface area contributed by atoms with Crippen LogP contribution in [0.4, 0.5) is 20.6 Å². The smallest absolute Gasteiger partial charge is 0.335 e. The largest absolute Gasteiger partial charge is 0.493 e. The van der Waals surface area contributed by atoms with Gasteiger partial charge in [0, 0.05) is 30.6 Å². The van der Waals surface area contributed by atoms with E-state index in [4.69, 9.17) is 9.47 Å². The maximum atomic E-state index is 14.4. The average Bonchev–Trinajstić information content (AvgIpc) is 3.17. The number of ether oxygens (including phenoxy) is 2. The van der Waals surface area contributed by atoms with Gasteiger partial charge in [-0.2, -0.15) is 0 Å². The van der Waals surface area contributed by atoms with Gasteiger partial charge in [-0.05, 0) is 105 Å². The molecule has 3 heterocycles. The van der Waals surface area contributed by atoms with Gasteiger partial charge >= 0.3 is 6.03 Å². The topological polar surface area (TPSA) is 88.2 Å². The summed E-state index contributed by atoms with van der Waals surface area (Å²) >= 11 is 3.54. The van der Waals surface area contributed by atoms with Crippen LogP contribution in [0.15, 0.2) is 119 Å². The van der Waals surface area contributed by atoms with Crippen LogP contribution in [0.1, 0.15) is 58.1 Å². The number of nitrogens with one attached hydrogen (secondary N) is 1. The highest BCUT2D eigenvalue weighted by molar-refractivity contribution is 9.10. The first-order valence-corrected chi connectivity index (χ1v) is 18.3. The molecule has 8 nitrogen and oxygen atoms in total. The number of anilines is 2. The number of carbonyl (C=O) groups is 3. The molecule has 3 aliphatic rings. The number of methoxy groups -OCH3 is 1. The molecule has 8 rings (SSSR count). The molecular formula is C43H35BrFN3O5. The lowest BCUT2D eigenvalue weighted by atomic mass is 9.76. The molecule has 0 saturated carbocycles. The predicted molar refractivity (Wildman–Crippen MR) is 205 cm³/mol. The van der Waals surface area contributed by atoms with Crippen molar-refractivity contribution in [2.75, 3.05) is 30.0 Å². The molecule has 0 aliphatic carbocycles. The van der Waals surface area contributed by atoms with E-state index in [0.29, 0.717) is 27.2 Å². The number of rotatable bonds is 8. The van der Waals surface area contributed by atoms with Crippen LogP contribution in [0.5, 0.6) is 11.5 Å². The molecule has 0 spiro atoms. The summed E-state index contributed by atoms with van der Waals surface area (Å²) in [5.74, 6) is -0.998. The first kappa shape index (κ1) is 34.4. The summed E-state index contributed by atoms with van der Waals surface area (Å²) in [5.41, 5.74) is 7.05. The number of carbonyl (C=O) groups excluding carboxylic acids is 3. The van der Waals surface area contributed by atoms with Crippen LogP contribution in [-0.4, -0.2) is 38.0 Å². The lowest BCUT2D eigenvalue weighted by Gasteiger charge is -2.44. The fourth-order valence-corrected chi connectivity index (χ4v) is 8.30. The predicted octanol–water partition coefficient (Wildman–Crippen LogP) is 8.72. The Bertz CT molecular complexity index is 2190. The molecule has 0 aromatic heterocycles. The fraction of sp³-hybridized carbons (Fsp3) is 0.186. The maximum absolute atomic E-state index is 14.4. The Morgan fingerprint density at radius 1 is 0.830 bits per heavy atom. The van der Waals surface area contributed by atoms with Gasteiger partial charge in [-0.15, -0.1) is 0 Å². The Kier molecular flexibility index (Phi) is 9.30. The van der Waals surface area contributed by atoms with E-state index in [1.54, 1.807) is 24.3 Å². The summed E-state index contributed by atoms with van der Waals surface area (Å²) in [6, 6.07) is 33.1. The second-order valence-electron chi connectivity index (χ2n) is 13.4. The van der Waals surface area contributed by atoms with Gasteiger partial charge in [0.2, 0.25) is 0 Å². The van der Waals surface area contributed by atoms with Crippen LogP contribution in [0.3, 0.4) is 0 Å². The van der Waals surface area contributed by atoms with Crippen molar-refractivity contribution < 1.29 is 28.2 Å². The van der Waals surface area contributed by atoms with Crippen molar-refractivity contribution in [2.24, 2.45) is 0 Å². The number of imide groups is 2. The Labute approximate surface area is 315 Å². The zero-order valence-electron chi connectivity index (χ0n) is 28.9. The Balaban J connectivity index is 1.18. The Morgan fingerprint density at radius 2 is 1.43 bits per heavy atom. The van der Waals surface area contributed by atoms with Crippen LogP contribution in [0, 0.1) is 5.82 Å². The van der Waals surface area contributed by atoms with Gasteiger partial charge in [-0.1, -0.05) is 72.8 Å². The summed E-state index contributed by atoms with van der Waals surface area (Å²) in [5, 5.41) is 2.41. The number of benzene rings is 5. The number of urea groups is 1. The summed E-state index contributed by atoms with van der Waals surface area (Å²) in [6.07, 6.45) is 3.22. The summed E-state index contributed by atoms with van der Waals surface area (Å²) in [7, 11) is 1.48. The molecule has 1 fully saturated rings. The summed E-state index contributed by atoms with van der Waals surface area (Å²) in [6.45, 7) is 1.96. The molecule has 5 aromatic carbocycles. The van der Waals surface area contributed by atoms with Gasteiger partial charge in [0.15, 0.2) is 11.5 Å². The van der Waals surface area contributed by atoms with E-state index in [-0.39, 0.29) is 29.8 Å². The second-order valence-corrected chi connectivity index (χ2v) is 14.2. The van der Waals surface area contributed by atoms with Gasteiger partial charge < -0.3 is 14.4 Å². The first-order chi connectivity index (χ1) is 25.8.